The van der Waals surface area contributed by atoms with Crippen LogP contribution in [0.2, 0.25) is 0 Å². The van der Waals surface area contributed by atoms with Crippen LogP contribution in [0.3, 0.4) is 0 Å². The highest BCUT2D eigenvalue weighted by Gasteiger charge is 2.22. The first-order valence-corrected chi connectivity index (χ1v) is 8.33. The minimum Gasteiger partial charge on any atom is -0.378 e. The van der Waals surface area contributed by atoms with Gasteiger partial charge in [0.2, 0.25) is 10.0 Å². The summed E-state index contributed by atoms with van der Waals surface area (Å²) in [6.45, 7) is 0.134. The molecule has 0 saturated carbocycles. The van der Waals surface area contributed by atoms with Crippen molar-refractivity contribution in [3.8, 4) is 0 Å². The normalized spacial score (nSPS) is 11.7. The summed E-state index contributed by atoms with van der Waals surface area (Å²) in [4.78, 5) is 1.66. The third kappa shape index (κ3) is 3.86. The van der Waals surface area contributed by atoms with Crippen LogP contribution in [0.25, 0.3) is 0 Å². The van der Waals surface area contributed by atoms with Gasteiger partial charge in [0.15, 0.2) is 11.6 Å². The highest BCUT2D eigenvalue weighted by Crippen LogP contribution is 2.20. The Bertz CT molecular complexity index is 790. The van der Waals surface area contributed by atoms with Gasteiger partial charge in [0, 0.05) is 33.4 Å². The van der Waals surface area contributed by atoms with Gasteiger partial charge in [0.1, 0.15) is 0 Å². The van der Waals surface area contributed by atoms with E-state index in [1.165, 1.54) is 7.05 Å². The van der Waals surface area contributed by atoms with Crippen molar-refractivity contribution < 1.29 is 17.2 Å². The van der Waals surface area contributed by atoms with Gasteiger partial charge in [-0.2, -0.15) is 4.31 Å². The maximum absolute atomic E-state index is 13.3. The Balaban J connectivity index is 2.21. The predicted octanol–water partition coefficient (Wildman–Crippen LogP) is 2.85. The number of sulfonamides is 1. The summed E-state index contributed by atoms with van der Waals surface area (Å²) in [5, 5.41) is 0. The van der Waals surface area contributed by atoms with E-state index in [4.69, 9.17) is 0 Å². The van der Waals surface area contributed by atoms with Crippen molar-refractivity contribution in [2.45, 2.75) is 11.4 Å². The topological polar surface area (TPSA) is 40.6 Å². The summed E-state index contributed by atoms with van der Waals surface area (Å²) >= 11 is 0. The maximum atomic E-state index is 13.3. The molecule has 0 aliphatic heterocycles. The molecule has 23 heavy (non-hydrogen) atoms. The molecule has 0 atom stereocenters. The zero-order chi connectivity index (χ0) is 17.2. The van der Waals surface area contributed by atoms with Gasteiger partial charge in [-0.05, 0) is 35.9 Å². The number of hydrogen-bond donors (Lipinski definition) is 0. The average Bonchev–Trinajstić information content (AvgIpc) is 2.50. The summed E-state index contributed by atoms with van der Waals surface area (Å²) < 4.78 is 52.1. The van der Waals surface area contributed by atoms with Gasteiger partial charge >= 0.3 is 0 Å². The second-order valence-corrected chi connectivity index (χ2v) is 7.44. The van der Waals surface area contributed by atoms with Crippen LogP contribution in [0, 0.1) is 11.6 Å². The zero-order valence-corrected chi connectivity index (χ0v) is 13.9. The summed E-state index contributed by atoms with van der Waals surface area (Å²) in [6.07, 6.45) is 0. The smallest absolute Gasteiger partial charge is 0.243 e. The molecule has 0 aliphatic rings. The lowest BCUT2D eigenvalue weighted by Gasteiger charge is -2.18. The number of rotatable bonds is 5. The molecule has 0 unspecified atom stereocenters. The number of benzene rings is 2. The lowest BCUT2D eigenvalue weighted by molar-refractivity contribution is 0.463. The van der Waals surface area contributed by atoms with Gasteiger partial charge in [0.05, 0.1) is 4.90 Å². The van der Waals surface area contributed by atoms with Crippen LogP contribution in [0.4, 0.5) is 14.5 Å². The average molecular weight is 340 g/mol. The Kier molecular flexibility index (Phi) is 5.01. The Morgan fingerprint density at radius 2 is 1.52 bits per heavy atom. The van der Waals surface area contributed by atoms with Crippen LogP contribution in [-0.2, 0) is 16.6 Å². The standard InChI is InChI=1S/C16H18F2N2O2S/c1-19(2)13-6-4-12(5-7-13)11-20(3)23(21,22)14-8-9-15(17)16(18)10-14/h4-10H,11H2,1-3H3. The molecule has 2 aromatic rings. The molecule has 0 fully saturated rings. The second-order valence-electron chi connectivity index (χ2n) is 5.40. The molecule has 0 spiro atoms. The molecule has 0 bridgehead atoms. The monoisotopic (exact) mass is 340 g/mol. The van der Waals surface area contributed by atoms with Crippen molar-refractivity contribution in [2.24, 2.45) is 0 Å². The first-order chi connectivity index (χ1) is 10.7. The second kappa shape index (κ2) is 6.64. The van der Waals surface area contributed by atoms with E-state index < -0.39 is 21.7 Å². The van der Waals surface area contributed by atoms with Crippen molar-refractivity contribution in [3.05, 3.63) is 59.7 Å². The van der Waals surface area contributed by atoms with Gasteiger partial charge in [0.25, 0.3) is 0 Å². The van der Waals surface area contributed by atoms with Crippen molar-refractivity contribution in [2.75, 3.05) is 26.0 Å². The lowest BCUT2D eigenvalue weighted by Crippen LogP contribution is -2.26. The number of nitrogens with zero attached hydrogens (tertiary/aromatic N) is 2. The summed E-state index contributed by atoms with van der Waals surface area (Å²) in [5.74, 6) is -2.26. The van der Waals surface area contributed by atoms with E-state index in [0.29, 0.717) is 6.07 Å². The van der Waals surface area contributed by atoms with E-state index >= 15 is 0 Å². The molecule has 0 aromatic heterocycles. The molecule has 2 rings (SSSR count). The fourth-order valence-electron chi connectivity index (χ4n) is 2.06. The summed E-state index contributed by atoms with van der Waals surface area (Å²) in [7, 11) is 1.34. The fourth-order valence-corrected chi connectivity index (χ4v) is 3.23. The minimum atomic E-state index is -3.89. The molecule has 0 aliphatic carbocycles. The van der Waals surface area contributed by atoms with Crippen LogP contribution in [0.15, 0.2) is 47.4 Å². The van der Waals surface area contributed by atoms with Crippen LogP contribution < -0.4 is 4.90 Å². The van der Waals surface area contributed by atoms with Crippen molar-refractivity contribution in [3.63, 3.8) is 0 Å². The van der Waals surface area contributed by atoms with Gasteiger partial charge in [-0.25, -0.2) is 17.2 Å². The molecule has 0 radical (unpaired) electrons. The minimum absolute atomic E-state index is 0.134. The first kappa shape index (κ1) is 17.4. The Hall–Kier alpha value is -1.99. The first-order valence-electron chi connectivity index (χ1n) is 6.89. The highest BCUT2D eigenvalue weighted by atomic mass is 32.2. The highest BCUT2D eigenvalue weighted by molar-refractivity contribution is 7.89. The van der Waals surface area contributed by atoms with E-state index in [2.05, 4.69) is 0 Å². The maximum Gasteiger partial charge on any atom is 0.243 e. The van der Waals surface area contributed by atoms with E-state index in [1.54, 1.807) is 0 Å². The molecule has 124 valence electrons. The Morgan fingerprint density at radius 1 is 0.913 bits per heavy atom. The van der Waals surface area contributed by atoms with Crippen molar-refractivity contribution >= 4 is 15.7 Å². The van der Waals surface area contributed by atoms with E-state index in [1.807, 2.05) is 43.3 Å². The van der Waals surface area contributed by atoms with Gasteiger partial charge in [-0.3, -0.25) is 0 Å². The predicted molar refractivity (Wildman–Crippen MR) is 85.8 cm³/mol. The van der Waals surface area contributed by atoms with E-state index in [9.17, 15) is 17.2 Å². The zero-order valence-electron chi connectivity index (χ0n) is 13.1. The SMILES string of the molecule is CN(C)c1ccc(CN(C)S(=O)(=O)c2ccc(F)c(F)c2)cc1. The molecular weight excluding hydrogens is 322 g/mol. The largest absolute Gasteiger partial charge is 0.378 e. The van der Waals surface area contributed by atoms with Crippen LogP contribution in [0.5, 0.6) is 0 Å². The van der Waals surface area contributed by atoms with Crippen LogP contribution in [-0.4, -0.2) is 33.9 Å². The lowest BCUT2D eigenvalue weighted by atomic mass is 10.2. The molecular formula is C16H18F2N2O2S. The molecule has 0 saturated heterocycles. The quantitative estimate of drug-likeness (QED) is 0.840. The number of hydrogen-bond acceptors (Lipinski definition) is 3. The molecule has 0 heterocycles. The van der Waals surface area contributed by atoms with E-state index in [0.717, 1.165) is 27.7 Å². The molecule has 2 aromatic carbocycles. The van der Waals surface area contributed by atoms with Gasteiger partial charge < -0.3 is 4.90 Å². The van der Waals surface area contributed by atoms with Crippen LogP contribution >= 0.6 is 0 Å². The summed E-state index contributed by atoms with van der Waals surface area (Å²) in [6, 6.07) is 9.97. The summed E-state index contributed by atoms with van der Waals surface area (Å²) in [5.41, 5.74) is 1.80. The molecule has 7 heteroatoms. The molecule has 0 amide bonds. The fraction of sp³-hybridized carbons (Fsp3) is 0.250. The third-order valence-corrected chi connectivity index (χ3v) is 5.26. The van der Waals surface area contributed by atoms with Crippen LogP contribution in [0.1, 0.15) is 5.56 Å². The van der Waals surface area contributed by atoms with Crippen molar-refractivity contribution in [1.29, 1.82) is 0 Å². The third-order valence-electron chi connectivity index (χ3n) is 3.46. The number of halogens is 2. The van der Waals surface area contributed by atoms with Crippen molar-refractivity contribution in [1.82, 2.24) is 4.31 Å². The Morgan fingerprint density at radius 3 is 2.04 bits per heavy atom. The number of anilines is 1. The van der Waals surface area contributed by atoms with Gasteiger partial charge in [-0.1, -0.05) is 12.1 Å². The molecule has 4 nitrogen and oxygen atoms in total. The Labute approximate surface area is 135 Å². The van der Waals surface area contributed by atoms with E-state index in [-0.39, 0.29) is 11.4 Å². The molecule has 0 N–H and O–H groups in total. The van der Waals surface area contributed by atoms with Gasteiger partial charge in [-0.15, -0.1) is 0 Å².